The molecule has 6 heteroatoms. The van der Waals surface area contributed by atoms with E-state index >= 15 is 0 Å². The van der Waals surface area contributed by atoms with Crippen molar-refractivity contribution in [3.05, 3.63) is 76.5 Å². The second-order valence-corrected chi connectivity index (χ2v) is 23.9. The van der Waals surface area contributed by atoms with Crippen molar-refractivity contribution in [2.45, 2.75) is 103 Å². The van der Waals surface area contributed by atoms with Crippen LogP contribution in [0, 0.1) is 0 Å². The van der Waals surface area contributed by atoms with Gasteiger partial charge in [0.1, 0.15) is 0 Å². The standard InChI is InChI=1S/C32H43NO2Se3/c1-29(2,3)23-15-19(16-24(36-23)30(4,5)6)13-21-27(33)22(28(21)34)14-20-17-25(37-31(7,8)9)35-26(18-20)38-32(10,11)12/h13-18H,1-12H3,(H-,33,34)/p+1/b21-13-. The van der Waals surface area contributed by atoms with E-state index in [2.05, 4.69) is 107 Å². The molecule has 2 heterocycles. The van der Waals surface area contributed by atoms with E-state index in [0.717, 1.165) is 20.5 Å². The number of carbonyl (C=O) groups excluding carboxylic acids is 1. The summed E-state index contributed by atoms with van der Waals surface area (Å²) in [5.41, 5.74) is 10.6. The van der Waals surface area contributed by atoms with E-state index in [1.165, 1.54) is 8.87 Å². The van der Waals surface area contributed by atoms with Gasteiger partial charge in [0.25, 0.3) is 0 Å². The second kappa shape index (κ2) is 11.0. The Kier molecular flexibility index (Phi) is 9.12. The summed E-state index contributed by atoms with van der Waals surface area (Å²) in [4.78, 5) is 13.3. The van der Waals surface area contributed by atoms with Gasteiger partial charge in [0, 0.05) is 0 Å². The van der Waals surface area contributed by atoms with Crippen molar-refractivity contribution >= 4 is 56.3 Å². The number of allylic oxidation sites excluding steroid dienone is 6. The van der Waals surface area contributed by atoms with Gasteiger partial charge >= 0.3 is 251 Å². The van der Waals surface area contributed by atoms with E-state index < -0.39 is 0 Å². The molecule has 0 amide bonds. The number of Topliss-reactive ketones (excluding diaryl/α,β-unsaturated/α-hetero) is 1. The van der Waals surface area contributed by atoms with Crippen molar-refractivity contribution in [2.24, 2.45) is 5.73 Å². The number of carbonyl (C=O) groups is 1. The Balaban J connectivity index is 2.02. The van der Waals surface area contributed by atoms with E-state index in [-0.39, 0.29) is 55.2 Å². The van der Waals surface area contributed by atoms with Gasteiger partial charge < -0.3 is 0 Å². The summed E-state index contributed by atoms with van der Waals surface area (Å²) in [6.45, 7) is 27.0. The molecule has 38 heavy (non-hydrogen) atoms. The number of nitrogens with two attached hydrogens (primary N) is 1. The van der Waals surface area contributed by atoms with Gasteiger partial charge in [-0.1, -0.05) is 0 Å². The predicted octanol–water partition coefficient (Wildman–Crippen LogP) is 7.28. The van der Waals surface area contributed by atoms with E-state index in [1.54, 1.807) is 0 Å². The van der Waals surface area contributed by atoms with Crippen LogP contribution in [0.15, 0.2) is 62.1 Å². The van der Waals surface area contributed by atoms with Crippen LogP contribution in [-0.2, 0) is 20.4 Å². The predicted molar refractivity (Wildman–Crippen MR) is 166 cm³/mol. The van der Waals surface area contributed by atoms with Gasteiger partial charge in [-0.15, -0.1) is 0 Å². The van der Waals surface area contributed by atoms with Gasteiger partial charge in [0.2, 0.25) is 0 Å². The molecule has 2 aliphatic rings. The first kappa shape index (κ1) is 31.4. The first-order chi connectivity index (χ1) is 17.1. The SMILES string of the molecule is CC(C)(C)[Se]C1=CC(=CC2=C(N)/C(=C/c3cc(C(C)(C)C)[se+]c(C(C)(C)C)c3)C2=O)C=C([Se]C(C)(C)C)O1. The van der Waals surface area contributed by atoms with Crippen LogP contribution in [0.4, 0.5) is 0 Å². The summed E-state index contributed by atoms with van der Waals surface area (Å²) < 4.78 is 11.6. The van der Waals surface area contributed by atoms with Gasteiger partial charge in [-0.25, -0.2) is 0 Å². The molecule has 0 saturated carbocycles. The van der Waals surface area contributed by atoms with Crippen molar-refractivity contribution in [1.82, 2.24) is 0 Å². The normalized spacial score (nSPS) is 18.3. The third-order valence-corrected chi connectivity index (χ3v) is 13.8. The zero-order valence-electron chi connectivity index (χ0n) is 25.1. The van der Waals surface area contributed by atoms with Gasteiger partial charge in [-0.05, 0) is 0 Å². The van der Waals surface area contributed by atoms with Crippen molar-refractivity contribution in [3.63, 3.8) is 0 Å². The van der Waals surface area contributed by atoms with Crippen molar-refractivity contribution in [2.75, 3.05) is 0 Å². The molecular formula is C32H44NO2Se3+. The van der Waals surface area contributed by atoms with Crippen LogP contribution >= 0.6 is 0 Å². The van der Waals surface area contributed by atoms with E-state index in [9.17, 15) is 4.79 Å². The van der Waals surface area contributed by atoms with Crippen molar-refractivity contribution < 1.29 is 9.53 Å². The van der Waals surface area contributed by atoms with Crippen LogP contribution in [0.3, 0.4) is 0 Å². The zero-order chi connectivity index (χ0) is 28.8. The molecule has 0 unspecified atom stereocenters. The molecule has 0 fully saturated rings. The molecule has 1 aromatic rings. The van der Waals surface area contributed by atoms with Crippen molar-refractivity contribution in [1.29, 1.82) is 0 Å². The Hall–Kier alpha value is -1.12. The molecule has 0 saturated heterocycles. The molecule has 1 aromatic heterocycles. The third kappa shape index (κ3) is 8.44. The van der Waals surface area contributed by atoms with Gasteiger partial charge in [-0.3, -0.25) is 0 Å². The van der Waals surface area contributed by atoms with Gasteiger partial charge in [-0.2, -0.15) is 0 Å². The maximum absolute atomic E-state index is 13.3. The Labute approximate surface area is 249 Å². The molecule has 1 aliphatic heterocycles. The summed E-state index contributed by atoms with van der Waals surface area (Å²) >= 11 is 0.669. The first-order valence-corrected chi connectivity index (χ1v) is 18.2. The fourth-order valence-electron chi connectivity index (χ4n) is 3.70. The molecule has 0 radical (unpaired) electrons. The van der Waals surface area contributed by atoms with Gasteiger partial charge in [0.05, 0.1) is 0 Å². The number of hydrogen-bond acceptors (Lipinski definition) is 3. The first-order valence-electron chi connectivity index (χ1n) is 13.1. The van der Waals surface area contributed by atoms with E-state index in [4.69, 9.17) is 10.5 Å². The topological polar surface area (TPSA) is 52.3 Å². The van der Waals surface area contributed by atoms with Crippen LogP contribution in [0.5, 0.6) is 0 Å². The number of ether oxygens (including phenoxy) is 1. The number of hydrogen-bond donors (Lipinski definition) is 1. The third-order valence-electron chi connectivity index (χ3n) is 5.57. The summed E-state index contributed by atoms with van der Waals surface area (Å²) in [6, 6.07) is 4.54. The fraction of sp³-hybridized carbons (Fsp3) is 0.500. The fourth-order valence-corrected chi connectivity index (χ4v) is 10.5. The number of ketones is 1. The Morgan fingerprint density at radius 2 is 1.21 bits per heavy atom. The minimum absolute atomic E-state index is 0.0223. The Bertz CT molecular complexity index is 1220. The molecule has 0 spiro atoms. The maximum atomic E-state index is 13.3. The molecule has 2 N–H and O–H groups in total. The molecule has 0 atom stereocenters. The molecule has 0 aromatic carbocycles. The Morgan fingerprint density at radius 3 is 1.58 bits per heavy atom. The molecule has 0 bridgehead atoms. The average Bonchev–Trinajstić information content (AvgIpc) is 2.71. The van der Waals surface area contributed by atoms with E-state index in [1.807, 2.05) is 12.2 Å². The molecular weight excluding hydrogens is 667 g/mol. The number of rotatable bonds is 4. The molecule has 206 valence electrons. The van der Waals surface area contributed by atoms with Crippen LogP contribution < -0.4 is 5.73 Å². The van der Waals surface area contributed by atoms with Crippen LogP contribution in [0.25, 0.3) is 6.08 Å². The zero-order valence-corrected chi connectivity index (χ0v) is 30.2. The minimum atomic E-state index is 0.0223. The van der Waals surface area contributed by atoms with E-state index in [0.29, 0.717) is 31.3 Å². The average molecular weight is 712 g/mol. The molecule has 3 nitrogen and oxygen atoms in total. The summed E-state index contributed by atoms with van der Waals surface area (Å²) in [7, 11) is 0. The monoisotopic (exact) mass is 714 g/mol. The summed E-state index contributed by atoms with van der Waals surface area (Å²) in [5.74, 6) is 0.0223. The molecule has 3 rings (SSSR count). The summed E-state index contributed by atoms with van der Waals surface area (Å²) in [6.07, 6.45) is 8.13. The quantitative estimate of drug-likeness (QED) is 0.264. The van der Waals surface area contributed by atoms with Crippen LogP contribution in [0.2, 0.25) is 8.63 Å². The molecule has 1 aliphatic carbocycles. The van der Waals surface area contributed by atoms with Gasteiger partial charge in [0.15, 0.2) is 0 Å². The van der Waals surface area contributed by atoms with Crippen LogP contribution in [0.1, 0.15) is 97.5 Å². The summed E-state index contributed by atoms with van der Waals surface area (Å²) in [5, 5.41) is 0. The van der Waals surface area contributed by atoms with Crippen molar-refractivity contribution in [3.8, 4) is 0 Å². The Morgan fingerprint density at radius 1 is 0.763 bits per heavy atom. The van der Waals surface area contributed by atoms with Crippen LogP contribution in [-0.4, -0.2) is 50.2 Å². The second-order valence-electron chi connectivity index (χ2n) is 13.9.